The van der Waals surface area contributed by atoms with Crippen LogP contribution in [0.15, 0.2) is 5.16 Å². The second kappa shape index (κ2) is 9.07. The van der Waals surface area contributed by atoms with E-state index in [1.807, 2.05) is 20.1 Å². The van der Waals surface area contributed by atoms with Gasteiger partial charge in [0.1, 0.15) is 5.41 Å². The highest BCUT2D eigenvalue weighted by Gasteiger charge is 2.41. The number of carbonyl (C=O) groups is 1. The minimum atomic E-state index is -0.879. The normalized spacial score (nSPS) is 14.2. The van der Waals surface area contributed by atoms with Crippen molar-refractivity contribution in [3.8, 4) is 0 Å². The number of amides is 1. The van der Waals surface area contributed by atoms with E-state index in [4.69, 9.17) is 10.9 Å². The Morgan fingerprint density at radius 2 is 1.95 bits per heavy atom. The lowest BCUT2D eigenvalue weighted by Gasteiger charge is -2.31. The van der Waals surface area contributed by atoms with Crippen LogP contribution >= 0.6 is 11.8 Å². The van der Waals surface area contributed by atoms with Crippen LogP contribution in [0.5, 0.6) is 0 Å². The van der Waals surface area contributed by atoms with E-state index >= 15 is 0 Å². The van der Waals surface area contributed by atoms with Gasteiger partial charge >= 0.3 is 0 Å². The zero-order chi connectivity index (χ0) is 14.9. The molecule has 0 rings (SSSR count). The van der Waals surface area contributed by atoms with Gasteiger partial charge in [-0.3, -0.25) is 4.79 Å². The first-order valence-electron chi connectivity index (χ1n) is 6.77. The molecule has 0 heterocycles. The molecular formula is C13H27N3O2S. The Kier molecular flexibility index (Phi) is 8.63. The summed E-state index contributed by atoms with van der Waals surface area (Å²) in [4.78, 5) is 12.5. The molecule has 5 nitrogen and oxygen atoms in total. The highest BCUT2D eigenvalue weighted by molar-refractivity contribution is 7.99. The molecule has 1 atom stereocenters. The van der Waals surface area contributed by atoms with E-state index in [-0.39, 0.29) is 11.7 Å². The van der Waals surface area contributed by atoms with Crippen molar-refractivity contribution in [1.82, 2.24) is 5.32 Å². The van der Waals surface area contributed by atoms with Crippen LogP contribution in [0.4, 0.5) is 0 Å². The third-order valence-corrected chi connectivity index (χ3v) is 4.31. The number of nitrogens with one attached hydrogen (secondary N) is 1. The first-order chi connectivity index (χ1) is 8.98. The lowest BCUT2D eigenvalue weighted by Crippen LogP contribution is -2.50. The zero-order valence-corrected chi connectivity index (χ0v) is 13.2. The summed E-state index contributed by atoms with van der Waals surface area (Å²) < 4.78 is 0. The highest BCUT2D eigenvalue weighted by atomic mass is 32.2. The van der Waals surface area contributed by atoms with Gasteiger partial charge in [-0.05, 0) is 19.1 Å². The number of hydrogen-bond acceptors (Lipinski definition) is 4. The van der Waals surface area contributed by atoms with Crippen LogP contribution in [-0.4, -0.2) is 35.0 Å². The van der Waals surface area contributed by atoms with Gasteiger partial charge in [0.25, 0.3) is 0 Å². The summed E-state index contributed by atoms with van der Waals surface area (Å²) in [6.45, 7) is 6.63. The van der Waals surface area contributed by atoms with E-state index < -0.39 is 5.41 Å². The lowest BCUT2D eigenvalue weighted by atomic mass is 9.77. The van der Waals surface area contributed by atoms with Crippen LogP contribution in [-0.2, 0) is 4.79 Å². The van der Waals surface area contributed by atoms with Crippen LogP contribution < -0.4 is 11.1 Å². The summed E-state index contributed by atoms with van der Waals surface area (Å²) in [6, 6.07) is 0. The maximum atomic E-state index is 12.5. The Labute approximate surface area is 120 Å². The summed E-state index contributed by atoms with van der Waals surface area (Å²) in [5.74, 6) is -0.113. The van der Waals surface area contributed by atoms with E-state index in [0.29, 0.717) is 24.6 Å². The number of rotatable bonds is 9. The van der Waals surface area contributed by atoms with Gasteiger partial charge < -0.3 is 16.3 Å². The van der Waals surface area contributed by atoms with Crippen molar-refractivity contribution in [3.63, 3.8) is 0 Å². The third-order valence-electron chi connectivity index (χ3n) is 3.34. The van der Waals surface area contributed by atoms with E-state index in [9.17, 15) is 4.79 Å². The maximum Gasteiger partial charge on any atom is 0.233 e. The van der Waals surface area contributed by atoms with E-state index in [0.717, 1.165) is 12.8 Å². The van der Waals surface area contributed by atoms with Gasteiger partial charge in [0, 0.05) is 11.8 Å². The van der Waals surface area contributed by atoms with Crippen molar-refractivity contribution in [2.24, 2.45) is 16.3 Å². The molecule has 0 saturated carbocycles. The Bertz CT molecular complexity index is 302. The Hall–Kier alpha value is -0.910. The molecule has 0 aromatic rings. The largest absolute Gasteiger partial charge is 0.409 e. The zero-order valence-electron chi connectivity index (χ0n) is 12.4. The van der Waals surface area contributed by atoms with Gasteiger partial charge in [-0.2, -0.15) is 11.8 Å². The number of carbonyl (C=O) groups excluding carboxylic acids is 1. The lowest BCUT2D eigenvalue weighted by molar-refractivity contribution is -0.128. The number of hydrogen-bond donors (Lipinski definition) is 3. The summed E-state index contributed by atoms with van der Waals surface area (Å²) in [5, 5.41) is 15.3. The van der Waals surface area contributed by atoms with Crippen LogP contribution in [0, 0.1) is 5.41 Å². The molecule has 0 bridgehead atoms. The first-order valence-corrected chi connectivity index (χ1v) is 8.06. The molecule has 0 aromatic heterocycles. The topological polar surface area (TPSA) is 87.7 Å². The Morgan fingerprint density at radius 1 is 1.42 bits per heavy atom. The highest BCUT2D eigenvalue weighted by Crippen LogP contribution is 2.30. The van der Waals surface area contributed by atoms with Gasteiger partial charge in [0.05, 0.1) is 0 Å². The molecule has 19 heavy (non-hydrogen) atoms. The van der Waals surface area contributed by atoms with Crippen molar-refractivity contribution in [2.75, 3.05) is 12.8 Å². The number of thioether (sulfide) groups is 1. The second-order valence-corrected chi connectivity index (χ2v) is 6.10. The fraction of sp³-hybridized carbons (Fsp3) is 0.846. The van der Waals surface area contributed by atoms with E-state index in [2.05, 4.69) is 17.4 Å². The predicted octanol–water partition coefficient (Wildman–Crippen LogP) is 2.19. The van der Waals surface area contributed by atoms with Crippen molar-refractivity contribution >= 4 is 23.5 Å². The van der Waals surface area contributed by atoms with Gasteiger partial charge in [-0.15, -0.1) is 0 Å². The molecule has 4 N–H and O–H groups in total. The van der Waals surface area contributed by atoms with Crippen molar-refractivity contribution in [2.45, 2.75) is 51.7 Å². The number of oxime groups is 1. The van der Waals surface area contributed by atoms with Gasteiger partial charge in [-0.25, -0.2) is 0 Å². The molecule has 1 amide bonds. The number of nitrogens with two attached hydrogens (primary N) is 1. The van der Waals surface area contributed by atoms with Crippen molar-refractivity contribution < 1.29 is 10.0 Å². The monoisotopic (exact) mass is 289 g/mol. The predicted molar refractivity (Wildman–Crippen MR) is 81.6 cm³/mol. The molecule has 112 valence electrons. The quantitative estimate of drug-likeness (QED) is 0.263. The van der Waals surface area contributed by atoms with Crippen molar-refractivity contribution in [1.29, 1.82) is 0 Å². The van der Waals surface area contributed by atoms with E-state index in [1.54, 1.807) is 11.8 Å². The Balaban J connectivity index is 5.04. The van der Waals surface area contributed by atoms with Crippen LogP contribution in [0.3, 0.4) is 0 Å². The van der Waals surface area contributed by atoms with Gasteiger partial charge in [0.15, 0.2) is 5.84 Å². The van der Waals surface area contributed by atoms with Crippen LogP contribution in [0.25, 0.3) is 0 Å². The summed E-state index contributed by atoms with van der Waals surface area (Å²) in [6.07, 6.45) is 4.81. The van der Waals surface area contributed by atoms with Crippen LogP contribution in [0.2, 0.25) is 0 Å². The Morgan fingerprint density at radius 3 is 2.32 bits per heavy atom. The summed E-state index contributed by atoms with van der Waals surface area (Å²) in [5.41, 5.74) is 4.92. The molecule has 0 aliphatic carbocycles. The molecule has 0 saturated heterocycles. The molecule has 6 heteroatoms. The molecule has 1 unspecified atom stereocenters. The molecule has 0 fully saturated rings. The van der Waals surface area contributed by atoms with Gasteiger partial charge in [-0.1, -0.05) is 38.8 Å². The summed E-state index contributed by atoms with van der Waals surface area (Å²) in [7, 11) is 0. The van der Waals surface area contributed by atoms with Crippen molar-refractivity contribution in [3.05, 3.63) is 0 Å². The van der Waals surface area contributed by atoms with E-state index in [1.165, 1.54) is 0 Å². The third kappa shape index (κ3) is 4.93. The number of amidine groups is 1. The molecule has 0 aromatic carbocycles. The smallest absolute Gasteiger partial charge is 0.233 e. The summed E-state index contributed by atoms with van der Waals surface area (Å²) >= 11 is 1.69. The first kappa shape index (κ1) is 18.1. The SMILES string of the molecule is CCCC(CCC)(C(=O)NCC(C)SC)C(N)=NO. The molecule has 0 spiro atoms. The average Bonchev–Trinajstić information content (AvgIpc) is 2.42. The molecular weight excluding hydrogens is 262 g/mol. The molecule has 0 aliphatic rings. The molecule has 0 aliphatic heterocycles. The minimum absolute atomic E-state index is 0.0190. The van der Waals surface area contributed by atoms with Gasteiger partial charge in [0.2, 0.25) is 5.91 Å². The second-order valence-electron chi connectivity index (χ2n) is 4.82. The number of nitrogens with zero attached hydrogens (tertiary/aromatic N) is 1. The van der Waals surface area contributed by atoms with Crippen LogP contribution in [0.1, 0.15) is 46.5 Å². The maximum absolute atomic E-state index is 12.5. The fourth-order valence-corrected chi connectivity index (χ4v) is 2.41. The molecule has 0 radical (unpaired) electrons. The average molecular weight is 289 g/mol. The fourth-order valence-electron chi connectivity index (χ4n) is 2.16. The standard InChI is InChI=1S/C13H27N3O2S/c1-5-7-13(8-6-2,11(14)16-18)12(17)15-9-10(3)19-4/h10,18H,5-9H2,1-4H3,(H2,14,16)(H,15,17). The minimum Gasteiger partial charge on any atom is -0.409 e.